The highest BCUT2D eigenvalue weighted by molar-refractivity contribution is 6.30. The summed E-state index contributed by atoms with van der Waals surface area (Å²) < 4.78 is 20.6. The van der Waals surface area contributed by atoms with Gasteiger partial charge in [-0.3, -0.25) is 14.5 Å². The lowest BCUT2D eigenvalue weighted by atomic mass is 9.71. The molecule has 3 unspecified atom stereocenters. The number of hydrogen-bond acceptors (Lipinski definition) is 6. The van der Waals surface area contributed by atoms with Crippen molar-refractivity contribution in [3.05, 3.63) is 64.5 Å². The third-order valence-corrected chi connectivity index (χ3v) is 7.19. The maximum Gasteiger partial charge on any atom is 0.254 e. The van der Waals surface area contributed by atoms with E-state index in [2.05, 4.69) is 29.4 Å². The summed E-state index contributed by atoms with van der Waals surface area (Å²) in [5.74, 6) is -1.24. The van der Waals surface area contributed by atoms with E-state index in [1.807, 2.05) is 12.1 Å². The number of aldehydes is 1. The van der Waals surface area contributed by atoms with E-state index >= 15 is 0 Å². The van der Waals surface area contributed by atoms with Crippen LogP contribution in [0.2, 0.25) is 0 Å². The van der Waals surface area contributed by atoms with E-state index in [4.69, 9.17) is 12.6 Å². The van der Waals surface area contributed by atoms with Crippen LogP contribution in [0.5, 0.6) is 0 Å². The third-order valence-electron chi connectivity index (χ3n) is 7.19. The van der Waals surface area contributed by atoms with Gasteiger partial charge in [0.25, 0.3) is 5.91 Å². The number of hydrogen-bond donors (Lipinski definition) is 2. The molecule has 10 heteroatoms. The molecule has 0 bridgehead atoms. The summed E-state index contributed by atoms with van der Waals surface area (Å²) in [7, 11) is 7.85. The summed E-state index contributed by atoms with van der Waals surface area (Å²) in [6.07, 6.45) is 1.01. The second-order valence-corrected chi connectivity index (χ2v) is 10.2. The number of fused-ring (bicyclic) bond motifs is 1. The minimum absolute atomic E-state index is 0.00261. The monoisotopic (exact) mass is 520 g/mol. The average Bonchev–Trinajstić information content (AvgIpc) is 3.24. The largest absolute Gasteiger partial charge is 0.381 e. The molecule has 2 aromatic rings. The molecular formula is C28H34BFN4O4. The van der Waals surface area contributed by atoms with Gasteiger partial charge in [-0.05, 0) is 50.1 Å². The van der Waals surface area contributed by atoms with Crippen molar-refractivity contribution in [3.8, 4) is 0 Å². The van der Waals surface area contributed by atoms with Gasteiger partial charge in [-0.1, -0.05) is 12.1 Å². The molecule has 0 saturated carbocycles. The molecule has 200 valence electrons. The zero-order valence-corrected chi connectivity index (χ0v) is 22.1. The Kier molecular flexibility index (Phi) is 8.52. The molecule has 2 heterocycles. The van der Waals surface area contributed by atoms with Gasteiger partial charge in [0.15, 0.2) is 0 Å². The highest BCUT2D eigenvalue weighted by Crippen LogP contribution is 2.35. The van der Waals surface area contributed by atoms with Crippen LogP contribution in [-0.2, 0) is 34.0 Å². The number of anilines is 1. The maximum atomic E-state index is 14.8. The van der Waals surface area contributed by atoms with Crippen molar-refractivity contribution in [2.24, 2.45) is 0 Å². The Bertz CT molecular complexity index is 1200. The lowest BCUT2D eigenvalue weighted by Crippen LogP contribution is -2.59. The first kappa shape index (κ1) is 27.8. The van der Waals surface area contributed by atoms with E-state index in [-0.39, 0.29) is 49.9 Å². The normalized spacial score (nSPS) is 21.1. The molecule has 3 atom stereocenters. The van der Waals surface area contributed by atoms with Crippen LogP contribution in [0.4, 0.5) is 10.1 Å². The fourth-order valence-corrected chi connectivity index (χ4v) is 5.41. The number of ether oxygens (including phenoxy) is 1. The van der Waals surface area contributed by atoms with E-state index in [0.717, 1.165) is 18.7 Å². The Labute approximate surface area is 224 Å². The number of likely N-dealkylation sites (N-methyl/N-ethyl adjacent to an activating group) is 1. The second-order valence-electron chi connectivity index (χ2n) is 10.2. The molecule has 0 aromatic heterocycles. The van der Waals surface area contributed by atoms with Gasteiger partial charge in [0.2, 0.25) is 5.91 Å². The van der Waals surface area contributed by atoms with Gasteiger partial charge in [-0.25, -0.2) is 4.39 Å². The molecular weight excluding hydrogens is 486 g/mol. The highest BCUT2D eigenvalue weighted by Gasteiger charge is 2.45. The summed E-state index contributed by atoms with van der Waals surface area (Å²) in [6, 6.07) is 10.4. The van der Waals surface area contributed by atoms with Gasteiger partial charge < -0.3 is 25.1 Å². The van der Waals surface area contributed by atoms with Crippen molar-refractivity contribution >= 4 is 31.6 Å². The molecule has 38 heavy (non-hydrogen) atoms. The van der Waals surface area contributed by atoms with Crippen molar-refractivity contribution in [1.82, 2.24) is 15.1 Å². The molecule has 2 amide bonds. The van der Waals surface area contributed by atoms with Gasteiger partial charge >= 0.3 is 0 Å². The Morgan fingerprint density at radius 3 is 2.66 bits per heavy atom. The van der Waals surface area contributed by atoms with Crippen LogP contribution in [0.3, 0.4) is 0 Å². The Morgan fingerprint density at radius 1 is 1.24 bits per heavy atom. The number of amides is 2. The number of morpholine rings is 1. The minimum Gasteiger partial charge on any atom is -0.381 e. The van der Waals surface area contributed by atoms with E-state index in [1.165, 1.54) is 18.0 Å². The minimum atomic E-state index is -1.67. The predicted molar refractivity (Wildman–Crippen MR) is 143 cm³/mol. The lowest BCUT2D eigenvalue weighted by Gasteiger charge is -2.37. The van der Waals surface area contributed by atoms with Gasteiger partial charge in [0.05, 0.1) is 17.6 Å². The molecule has 2 N–H and O–H groups in total. The molecule has 0 aliphatic carbocycles. The van der Waals surface area contributed by atoms with E-state index < -0.39 is 11.3 Å². The van der Waals surface area contributed by atoms with Crippen LogP contribution in [0.1, 0.15) is 53.7 Å². The van der Waals surface area contributed by atoms with Crippen molar-refractivity contribution in [2.75, 3.05) is 25.5 Å². The van der Waals surface area contributed by atoms with Crippen LogP contribution in [0.15, 0.2) is 36.4 Å². The van der Waals surface area contributed by atoms with Crippen LogP contribution < -0.4 is 10.6 Å². The highest BCUT2D eigenvalue weighted by atomic mass is 19.1. The van der Waals surface area contributed by atoms with Gasteiger partial charge in [-0.15, -0.1) is 0 Å². The quantitative estimate of drug-likeness (QED) is 0.370. The first-order valence-electron chi connectivity index (χ1n) is 12.9. The van der Waals surface area contributed by atoms with Crippen LogP contribution in [-0.4, -0.2) is 73.5 Å². The molecule has 1 saturated heterocycles. The SMILES string of the molecule is [B]C(CCC=O)(C(=O)NC)N1Cc2c(NCc3cc(CN4CC(C)OC(C)C4)ccc3F)cccc2C1=O. The van der Waals surface area contributed by atoms with Gasteiger partial charge in [-0.2, -0.15) is 0 Å². The molecule has 2 aliphatic rings. The number of rotatable bonds is 10. The molecule has 2 aromatic carbocycles. The van der Waals surface area contributed by atoms with Crippen molar-refractivity contribution < 1.29 is 23.5 Å². The third kappa shape index (κ3) is 5.76. The molecule has 2 radical (unpaired) electrons. The number of benzene rings is 2. The summed E-state index contributed by atoms with van der Waals surface area (Å²) in [5, 5.41) is 5.78. The second kappa shape index (κ2) is 11.7. The van der Waals surface area contributed by atoms with E-state index in [1.54, 1.807) is 18.2 Å². The molecule has 1 fully saturated rings. The number of halogens is 1. The summed E-state index contributed by atoms with van der Waals surface area (Å²) in [4.78, 5) is 40.5. The fourth-order valence-electron chi connectivity index (χ4n) is 5.41. The smallest absolute Gasteiger partial charge is 0.254 e. The number of nitrogens with one attached hydrogen (secondary N) is 2. The number of carbonyl (C=O) groups is 3. The standard InChI is InChI=1S/C28H34BFN4O4/c1-18-14-33(15-19(2)38-18)16-20-8-9-24(30)21(12-20)13-32-25-7-4-6-22-23(25)17-34(26(22)36)28(29,10-5-11-35)27(37)31-3/h4,6-9,11-12,18-19,32H,5,10,13-17H2,1-3H3,(H,31,37). The van der Waals surface area contributed by atoms with Crippen molar-refractivity contribution in [3.63, 3.8) is 0 Å². The van der Waals surface area contributed by atoms with Crippen LogP contribution in [0, 0.1) is 5.82 Å². The zero-order valence-electron chi connectivity index (χ0n) is 22.1. The summed E-state index contributed by atoms with van der Waals surface area (Å²) in [5.41, 5.74) is 1.62. The number of carbonyl (C=O) groups excluding carboxylic acids is 3. The zero-order chi connectivity index (χ0) is 27.4. The van der Waals surface area contributed by atoms with Crippen LogP contribution in [0.25, 0.3) is 0 Å². The van der Waals surface area contributed by atoms with Crippen molar-refractivity contribution in [2.45, 2.75) is 64.0 Å². The Hall–Kier alpha value is -3.24. The van der Waals surface area contributed by atoms with Crippen molar-refractivity contribution in [1.29, 1.82) is 0 Å². The molecule has 0 spiro atoms. The summed E-state index contributed by atoms with van der Waals surface area (Å²) in [6.45, 7) is 6.76. The van der Waals surface area contributed by atoms with E-state index in [9.17, 15) is 18.8 Å². The molecule has 8 nitrogen and oxygen atoms in total. The fraction of sp³-hybridized carbons (Fsp3) is 0.464. The number of nitrogens with zero attached hydrogens (tertiary/aromatic N) is 2. The van der Waals surface area contributed by atoms with Crippen LogP contribution >= 0.6 is 0 Å². The Balaban J connectivity index is 1.51. The van der Waals surface area contributed by atoms with Gasteiger partial charge in [0, 0.05) is 68.6 Å². The summed E-state index contributed by atoms with van der Waals surface area (Å²) >= 11 is 0. The van der Waals surface area contributed by atoms with Gasteiger partial charge in [0.1, 0.15) is 19.9 Å². The first-order valence-corrected chi connectivity index (χ1v) is 12.9. The molecule has 4 rings (SSSR count). The first-order chi connectivity index (χ1) is 18.2. The topological polar surface area (TPSA) is 91.0 Å². The van der Waals surface area contributed by atoms with E-state index in [0.29, 0.717) is 35.2 Å². The maximum absolute atomic E-state index is 14.8. The molecule has 2 aliphatic heterocycles. The Morgan fingerprint density at radius 2 is 1.97 bits per heavy atom. The predicted octanol–water partition coefficient (Wildman–Crippen LogP) is 2.59. The lowest BCUT2D eigenvalue weighted by molar-refractivity contribution is -0.127. The average molecular weight is 520 g/mol.